The van der Waals surface area contributed by atoms with Crippen LogP contribution >= 0.6 is 0 Å². The van der Waals surface area contributed by atoms with Gasteiger partial charge in [0, 0.05) is 38.4 Å². The molecule has 7 heteroatoms. The Morgan fingerprint density at radius 1 is 1.32 bits per heavy atom. The lowest BCUT2D eigenvalue weighted by Gasteiger charge is -2.38. The first-order valence-electron chi connectivity index (χ1n) is 9.88. The Kier molecular flexibility index (Phi) is 5.51. The van der Waals surface area contributed by atoms with E-state index in [9.17, 15) is 10.1 Å². The molecule has 0 unspecified atom stereocenters. The van der Waals surface area contributed by atoms with Gasteiger partial charge < -0.3 is 15.0 Å². The molecule has 7 nitrogen and oxygen atoms in total. The van der Waals surface area contributed by atoms with Crippen molar-refractivity contribution < 1.29 is 9.53 Å². The number of nitriles is 1. The molecule has 2 fully saturated rings. The van der Waals surface area contributed by atoms with Crippen LogP contribution in [0, 0.1) is 23.2 Å². The van der Waals surface area contributed by atoms with Gasteiger partial charge in [0.2, 0.25) is 0 Å². The second-order valence-corrected chi connectivity index (χ2v) is 7.86. The fourth-order valence-electron chi connectivity index (χ4n) is 4.41. The van der Waals surface area contributed by atoms with Crippen molar-refractivity contribution in [3.63, 3.8) is 0 Å². The van der Waals surface area contributed by atoms with Crippen molar-refractivity contribution in [2.24, 2.45) is 11.8 Å². The molecule has 146 valence electrons. The maximum absolute atomic E-state index is 12.7. The Hall–Kier alpha value is -2.56. The zero-order valence-electron chi connectivity index (χ0n) is 16.1. The molecular weight excluding hydrogens is 354 g/mol. The molecule has 0 amide bonds. The molecular formula is C21H25N5O2. The van der Waals surface area contributed by atoms with E-state index in [0.717, 1.165) is 37.3 Å². The van der Waals surface area contributed by atoms with Gasteiger partial charge in [0.1, 0.15) is 17.1 Å². The summed E-state index contributed by atoms with van der Waals surface area (Å²) in [5, 5.41) is 12.6. The number of hydrogen-bond acceptors (Lipinski definition) is 7. The zero-order chi connectivity index (χ0) is 19.5. The lowest BCUT2D eigenvalue weighted by molar-refractivity contribution is -0.124. The molecule has 0 bridgehead atoms. The molecule has 2 aromatic rings. The first kappa shape index (κ1) is 18.8. The van der Waals surface area contributed by atoms with Crippen LogP contribution in [0.5, 0.6) is 0 Å². The number of ether oxygens (including phenoxy) is 1. The van der Waals surface area contributed by atoms with Gasteiger partial charge in [-0.3, -0.25) is 14.8 Å². The summed E-state index contributed by atoms with van der Waals surface area (Å²) in [6.07, 6.45) is 4.88. The molecule has 0 spiro atoms. The topological polar surface area (TPSA) is 91.1 Å². The highest BCUT2D eigenvalue weighted by molar-refractivity contribution is 5.92. The molecule has 4 rings (SSSR count). The number of fused-ring (bicyclic) bond motifs is 1. The van der Waals surface area contributed by atoms with Crippen LogP contribution in [-0.4, -0.2) is 54.6 Å². The number of piperidine rings is 1. The van der Waals surface area contributed by atoms with Gasteiger partial charge in [-0.25, -0.2) is 0 Å². The number of carbonyl (C=O) groups excluding carboxylic acids is 1. The summed E-state index contributed by atoms with van der Waals surface area (Å²) in [5.41, 5.74) is 2.91. The van der Waals surface area contributed by atoms with Gasteiger partial charge in [-0.05, 0) is 30.4 Å². The van der Waals surface area contributed by atoms with E-state index < -0.39 is 0 Å². The fraction of sp³-hybridized carbons (Fsp3) is 0.524. The minimum atomic E-state index is -0.180. The van der Waals surface area contributed by atoms with Gasteiger partial charge >= 0.3 is 0 Å². The monoisotopic (exact) mass is 379 g/mol. The van der Waals surface area contributed by atoms with Gasteiger partial charge in [-0.1, -0.05) is 6.92 Å². The first-order chi connectivity index (χ1) is 13.7. The van der Waals surface area contributed by atoms with Crippen LogP contribution in [0.25, 0.3) is 11.0 Å². The van der Waals surface area contributed by atoms with E-state index >= 15 is 0 Å². The van der Waals surface area contributed by atoms with Crippen LogP contribution in [0.4, 0.5) is 5.69 Å². The average molecular weight is 379 g/mol. The van der Waals surface area contributed by atoms with Crippen molar-refractivity contribution in [2.75, 3.05) is 37.7 Å². The van der Waals surface area contributed by atoms with Crippen molar-refractivity contribution in [1.82, 2.24) is 15.3 Å². The van der Waals surface area contributed by atoms with Gasteiger partial charge in [-0.15, -0.1) is 0 Å². The van der Waals surface area contributed by atoms with E-state index in [2.05, 4.69) is 33.2 Å². The zero-order valence-corrected chi connectivity index (χ0v) is 16.1. The van der Waals surface area contributed by atoms with Crippen molar-refractivity contribution in [2.45, 2.75) is 25.8 Å². The third-order valence-corrected chi connectivity index (χ3v) is 5.61. The molecule has 3 heterocycles. The maximum Gasteiger partial charge on any atom is 0.152 e. The molecule has 2 aliphatic rings. The van der Waals surface area contributed by atoms with Crippen molar-refractivity contribution in [1.29, 1.82) is 5.26 Å². The largest absolute Gasteiger partial charge is 0.378 e. The van der Waals surface area contributed by atoms with Gasteiger partial charge in [-0.2, -0.15) is 5.26 Å². The minimum Gasteiger partial charge on any atom is -0.378 e. The molecule has 1 aromatic carbocycles. The molecule has 2 saturated heterocycles. The van der Waals surface area contributed by atoms with Crippen molar-refractivity contribution >= 4 is 22.5 Å². The van der Waals surface area contributed by atoms with Gasteiger partial charge in [0.05, 0.1) is 30.5 Å². The first-order valence-corrected chi connectivity index (χ1v) is 9.88. The summed E-state index contributed by atoms with van der Waals surface area (Å²) in [6.45, 7) is 5.82. The quantitative estimate of drug-likeness (QED) is 0.868. The van der Waals surface area contributed by atoms with Gasteiger partial charge in [0.25, 0.3) is 0 Å². The second-order valence-electron chi connectivity index (χ2n) is 7.86. The van der Waals surface area contributed by atoms with E-state index in [1.54, 1.807) is 12.4 Å². The average Bonchev–Trinajstić information content (AvgIpc) is 2.73. The molecule has 1 N–H and O–H groups in total. The maximum atomic E-state index is 12.7. The highest BCUT2D eigenvalue weighted by Crippen LogP contribution is 2.33. The third kappa shape index (κ3) is 3.84. The Morgan fingerprint density at radius 3 is 2.89 bits per heavy atom. The summed E-state index contributed by atoms with van der Waals surface area (Å²) in [6, 6.07) is 5.79. The van der Waals surface area contributed by atoms with E-state index in [1.807, 2.05) is 12.1 Å². The van der Waals surface area contributed by atoms with Crippen LogP contribution in [0.3, 0.4) is 0 Å². The molecule has 1 aromatic heterocycles. The van der Waals surface area contributed by atoms with Crippen LogP contribution in [0.1, 0.15) is 25.3 Å². The minimum absolute atomic E-state index is 0.180. The smallest absolute Gasteiger partial charge is 0.152 e. The summed E-state index contributed by atoms with van der Waals surface area (Å²) < 4.78 is 5.44. The number of anilines is 1. The normalized spacial score (nSPS) is 25.4. The lowest BCUT2D eigenvalue weighted by Crippen LogP contribution is -2.48. The lowest BCUT2D eigenvalue weighted by atomic mass is 9.85. The second kappa shape index (κ2) is 8.21. The van der Waals surface area contributed by atoms with E-state index in [4.69, 9.17) is 4.74 Å². The van der Waals surface area contributed by atoms with Crippen LogP contribution in [0.15, 0.2) is 24.5 Å². The Morgan fingerprint density at radius 2 is 2.14 bits per heavy atom. The molecule has 0 radical (unpaired) electrons. The summed E-state index contributed by atoms with van der Waals surface area (Å²) in [7, 11) is 0. The van der Waals surface area contributed by atoms with Gasteiger partial charge in [0.15, 0.2) is 5.78 Å². The Bertz CT molecular complexity index is 903. The highest BCUT2D eigenvalue weighted by atomic mass is 16.5. The predicted molar refractivity (Wildman–Crippen MR) is 106 cm³/mol. The number of carbonyl (C=O) groups is 1. The molecule has 3 atom stereocenters. The number of hydrogen-bond donors (Lipinski definition) is 1. The van der Waals surface area contributed by atoms with E-state index in [1.165, 1.54) is 0 Å². The molecule has 0 saturated carbocycles. The summed E-state index contributed by atoms with van der Waals surface area (Å²) in [5.74, 6) is 1.01. The summed E-state index contributed by atoms with van der Waals surface area (Å²) >= 11 is 0. The standard InChI is InChI=1S/C21H25N5O2/c1-14-8-15(9-19(27)17-13-28-7-6-23-17)12-26(11-14)18-3-2-16(10-22)20-21(18)25-5-4-24-20/h2-5,14-15,17,23H,6-9,11-13H2,1H3/t14-,15-,17-/m0/s1. The Labute approximate surface area is 164 Å². The number of nitrogens with one attached hydrogen (secondary N) is 1. The van der Waals surface area contributed by atoms with Crippen molar-refractivity contribution in [3.05, 3.63) is 30.1 Å². The fourth-order valence-corrected chi connectivity index (χ4v) is 4.41. The van der Waals surface area contributed by atoms with E-state index in [0.29, 0.717) is 42.6 Å². The molecule has 2 aliphatic heterocycles. The number of rotatable bonds is 4. The van der Waals surface area contributed by atoms with Crippen molar-refractivity contribution in [3.8, 4) is 6.07 Å². The Balaban J connectivity index is 1.55. The number of aromatic nitrogens is 2. The molecule has 0 aliphatic carbocycles. The highest BCUT2D eigenvalue weighted by Gasteiger charge is 2.30. The number of ketones is 1. The van der Waals surface area contributed by atoms with E-state index in [-0.39, 0.29) is 11.8 Å². The number of benzene rings is 1. The van der Waals surface area contributed by atoms with Crippen LogP contribution in [0.2, 0.25) is 0 Å². The molecule has 28 heavy (non-hydrogen) atoms. The SMILES string of the molecule is C[C@H]1C[C@@H](CC(=O)[C@@H]2COCCN2)CN(c2ccc(C#N)c3nccnc23)C1. The number of morpholine rings is 1. The summed E-state index contributed by atoms with van der Waals surface area (Å²) in [4.78, 5) is 23.9. The number of Topliss-reactive ketones (excluding diaryl/α,β-unsaturated/α-hetero) is 1. The third-order valence-electron chi connectivity index (χ3n) is 5.61. The van der Waals surface area contributed by atoms with Crippen LogP contribution < -0.4 is 10.2 Å². The van der Waals surface area contributed by atoms with Crippen LogP contribution in [-0.2, 0) is 9.53 Å². The number of nitrogens with zero attached hydrogens (tertiary/aromatic N) is 4. The predicted octanol–water partition coefficient (Wildman–Crippen LogP) is 1.91.